The van der Waals surface area contributed by atoms with Gasteiger partial charge in [-0.1, -0.05) is 24.3 Å². The maximum Gasteiger partial charge on any atom is 0.430 e. The Kier molecular flexibility index (Phi) is 8.41. The van der Waals surface area contributed by atoms with Gasteiger partial charge >= 0.3 is 18.4 Å². The van der Waals surface area contributed by atoms with Crippen molar-refractivity contribution in [3.8, 4) is 0 Å². The number of benzene rings is 2. The minimum atomic E-state index is -5.96. The highest BCUT2D eigenvalue weighted by Gasteiger charge is 2.71. The molecule has 40 heavy (non-hydrogen) atoms. The Morgan fingerprint density at radius 1 is 0.875 bits per heavy atom. The van der Waals surface area contributed by atoms with Crippen molar-refractivity contribution in [2.24, 2.45) is 5.92 Å². The number of halogens is 6. The van der Waals surface area contributed by atoms with Gasteiger partial charge in [-0.3, -0.25) is 4.90 Å². The predicted octanol–water partition coefficient (Wildman–Crippen LogP) is 4.04. The van der Waals surface area contributed by atoms with E-state index < -0.39 is 33.5 Å². The van der Waals surface area contributed by atoms with E-state index in [2.05, 4.69) is 10.6 Å². The van der Waals surface area contributed by atoms with E-state index in [1.54, 1.807) is 0 Å². The van der Waals surface area contributed by atoms with Crippen LogP contribution in [0, 0.1) is 5.92 Å². The van der Waals surface area contributed by atoms with Crippen LogP contribution in [-0.2, 0) is 22.2 Å². The maximum atomic E-state index is 13.1. The zero-order chi connectivity index (χ0) is 29.3. The van der Waals surface area contributed by atoms with Crippen LogP contribution in [0.15, 0.2) is 53.4 Å². The first kappa shape index (κ1) is 30.1. The molecule has 0 spiro atoms. The minimum absolute atomic E-state index is 0.0438. The third-order valence-corrected chi connectivity index (χ3v) is 8.84. The fourth-order valence-corrected chi connectivity index (χ4v) is 5.74. The predicted molar refractivity (Wildman–Crippen MR) is 133 cm³/mol. The van der Waals surface area contributed by atoms with Crippen LogP contribution in [0.3, 0.4) is 0 Å². The summed E-state index contributed by atoms with van der Waals surface area (Å²) in [6.07, 6.45) is -9.74. The molecule has 2 amide bonds. The smallest absolute Gasteiger partial charge is 0.369 e. The molecule has 4 rings (SSSR count). The zero-order valence-electron chi connectivity index (χ0n) is 21.1. The van der Waals surface area contributed by atoms with E-state index in [0.717, 1.165) is 25.0 Å². The summed E-state index contributed by atoms with van der Waals surface area (Å²) >= 11 is 0. The first-order valence-corrected chi connectivity index (χ1v) is 13.9. The lowest BCUT2D eigenvalue weighted by molar-refractivity contribution is -0.376. The van der Waals surface area contributed by atoms with Gasteiger partial charge in [-0.2, -0.15) is 30.6 Å². The van der Waals surface area contributed by atoms with E-state index in [0.29, 0.717) is 35.8 Å². The summed E-state index contributed by atoms with van der Waals surface area (Å²) in [5, 5.41) is 14.9. The van der Waals surface area contributed by atoms with Crippen LogP contribution in [-0.4, -0.2) is 73.8 Å². The molecule has 2 fully saturated rings. The number of nitrogens with zero attached hydrogens (tertiary/aromatic N) is 2. The average Bonchev–Trinajstić information content (AvgIpc) is 3.71. The summed E-state index contributed by atoms with van der Waals surface area (Å²) in [5.41, 5.74) is -5.50. The van der Waals surface area contributed by atoms with Crippen molar-refractivity contribution in [1.29, 1.82) is 0 Å². The minimum Gasteiger partial charge on any atom is -0.369 e. The number of rotatable bonds is 8. The van der Waals surface area contributed by atoms with Crippen molar-refractivity contribution >= 4 is 21.7 Å². The van der Waals surface area contributed by atoms with Crippen LogP contribution in [0.4, 0.5) is 36.8 Å². The molecule has 1 aliphatic carbocycles. The van der Waals surface area contributed by atoms with Gasteiger partial charge < -0.3 is 15.7 Å². The molecule has 1 saturated carbocycles. The number of anilines is 1. The topological polar surface area (TPSA) is 102 Å². The molecule has 0 bridgehead atoms. The van der Waals surface area contributed by atoms with Crippen LogP contribution in [0.5, 0.6) is 0 Å². The summed E-state index contributed by atoms with van der Waals surface area (Å²) in [7, 11) is -3.83. The van der Waals surface area contributed by atoms with Gasteiger partial charge in [-0.25, -0.2) is 13.2 Å². The van der Waals surface area contributed by atoms with Gasteiger partial charge in [-0.05, 0) is 48.6 Å². The highest BCUT2D eigenvalue weighted by atomic mass is 32.2. The summed E-state index contributed by atoms with van der Waals surface area (Å²) < 4.78 is 106. The van der Waals surface area contributed by atoms with Crippen molar-refractivity contribution in [2.75, 3.05) is 38.0 Å². The van der Waals surface area contributed by atoms with Crippen LogP contribution >= 0.6 is 0 Å². The molecule has 1 heterocycles. The molecule has 2 aromatic carbocycles. The van der Waals surface area contributed by atoms with Gasteiger partial charge in [0.2, 0.25) is 10.0 Å². The molecule has 1 aliphatic heterocycles. The number of piperazine rings is 1. The van der Waals surface area contributed by atoms with Gasteiger partial charge in [0.25, 0.3) is 5.60 Å². The molecule has 2 aromatic rings. The van der Waals surface area contributed by atoms with Crippen LogP contribution in [0.2, 0.25) is 0 Å². The summed E-state index contributed by atoms with van der Waals surface area (Å²) in [5.74, 6) is 0.516. The van der Waals surface area contributed by atoms with Crippen molar-refractivity contribution in [3.05, 3.63) is 59.7 Å². The standard InChI is InChI=1S/C25H28F6N4O4S/c26-24(27,28)23(37,25(29,30)31)19-5-3-18(4-6-19)16-34-11-13-35(14-12-34)40(38,39)21-9-7-20(8-10-21)33-22(36)32-15-17-1-2-17/h3-10,17,37H,1-2,11-16H2,(H2,32,33,36). The Morgan fingerprint density at radius 2 is 1.43 bits per heavy atom. The van der Waals surface area contributed by atoms with E-state index >= 15 is 0 Å². The summed E-state index contributed by atoms with van der Waals surface area (Å²) in [6.45, 7) is 1.54. The quantitative estimate of drug-likeness (QED) is 0.401. The zero-order valence-corrected chi connectivity index (χ0v) is 21.9. The second kappa shape index (κ2) is 11.2. The van der Waals surface area contributed by atoms with Gasteiger partial charge in [0, 0.05) is 50.5 Å². The molecule has 0 unspecified atom stereocenters. The highest BCUT2D eigenvalue weighted by molar-refractivity contribution is 7.89. The first-order valence-electron chi connectivity index (χ1n) is 12.4. The third kappa shape index (κ3) is 6.53. The molecule has 0 aromatic heterocycles. The van der Waals surface area contributed by atoms with Crippen LogP contribution < -0.4 is 10.6 Å². The number of hydrogen-bond donors (Lipinski definition) is 3. The fourth-order valence-electron chi connectivity index (χ4n) is 4.32. The summed E-state index contributed by atoms with van der Waals surface area (Å²) in [4.78, 5) is 13.8. The molecule has 15 heteroatoms. The Balaban J connectivity index is 1.32. The average molecular weight is 595 g/mol. The van der Waals surface area contributed by atoms with Gasteiger partial charge in [0.15, 0.2) is 0 Å². The van der Waals surface area contributed by atoms with E-state index in [-0.39, 0.29) is 43.7 Å². The normalized spacial score (nSPS) is 18.0. The fraction of sp³-hybridized carbons (Fsp3) is 0.480. The molecular formula is C25H28F6N4O4S. The van der Waals surface area contributed by atoms with Crippen LogP contribution in [0.1, 0.15) is 24.0 Å². The molecule has 1 saturated heterocycles. The van der Waals surface area contributed by atoms with Gasteiger partial charge in [-0.15, -0.1) is 0 Å². The molecule has 3 N–H and O–H groups in total. The SMILES string of the molecule is O=C(NCC1CC1)Nc1ccc(S(=O)(=O)N2CCN(Cc3ccc(C(O)(C(F)(F)F)C(F)(F)F)cc3)CC2)cc1. The summed E-state index contributed by atoms with van der Waals surface area (Å²) in [6, 6.07) is 8.71. The highest BCUT2D eigenvalue weighted by Crippen LogP contribution is 2.50. The number of carbonyl (C=O) groups excluding carboxylic acids is 1. The van der Waals surface area contributed by atoms with Gasteiger partial charge in [0.1, 0.15) is 0 Å². The number of aliphatic hydroxyl groups is 1. The van der Waals surface area contributed by atoms with E-state index in [4.69, 9.17) is 0 Å². The Morgan fingerprint density at radius 3 is 1.93 bits per heavy atom. The van der Waals surface area contributed by atoms with Crippen molar-refractivity contribution in [2.45, 2.75) is 42.2 Å². The molecule has 8 nitrogen and oxygen atoms in total. The Bertz CT molecular complexity index is 1270. The van der Waals surface area contributed by atoms with E-state index in [1.165, 1.54) is 28.6 Å². The molecule has 220 valence electrons. The lowest BCUT2D eigenvalue weighted by Crippen LogP contribution is -2.53. The Labute approximate surface area is 227 Å². The third-order valence-electron chi connectivity index (χ3n) is 6.93. The number of sulfonamides is 1. The number of amides is 2. The monoisotopic (exact) mass is 594 g/mol. The molecule has 0 atom stereocenters. The molecular weight excluding hydrogens is 566 g/mol. The number of nitrogens with one attached hydrogen (secondary N) is 2. The van der Waals surface area contributed by atoms with E-state index in [1.807, 2.05) is 4.90 Å². The second-order valence-electron chi connectivity index (χ2n) is 9.89. The maximum absolute atomic E-state index is 13.1. The van der Waals surface area contributed by atoms with Crippen LogP contribution in [0.25, 0.3) is 0 Å². The number of alkyl halides is 6. The van der Waals surface area contributed by atoms with E-state index in [9.17, 15) is 44.7 Å². The largest absolute Gasteiger partial charge is 0.430 e. The lowest BCUT2D eigenvalue weighted by Gasteiger charge is -2.34. The molecule has 2 aliphatic rings. The first-order chi connectivity index (χ1) is 18.6. The number of urea groups is 1. The Hall–Kier alpha value is -2.88. The second-order valence-corrected chi connectivity index (χ2v) is 11.8. The lowest BCUT2D eigenvalue weighted by atomic mass is 9.91. The number of hydrogen-bond acceptors (Lipinski definition) is 5. The van der Waals surface area contributed by atoms with Crippen molar-refractivity contribution < 1.29 is 44.7 Å². The van der Waals surface area contributed by atoms with Gasteiger partial charge in [0.05, 0.1) is 4.90 Å². The molecule has 0 radical (unpaired) electrons. The van der Waals surface area contributed by atoms with Crippen molar-refractivity contribution in [3.63, 3.8) is 0 Å². The number of carbonyl (C=O) groups is 1. The van der Waals surface area contributed by atoms with Crippen molar-refractivity contribution in [1.82, 2.24) is 14.5 Å².